The summed E-state index contributed by atoms with van der Waals surface area (Å²) in [6.45, 7) is 4.18. The highest BCUT2D eigenvalue weighted by Crippen LogP contribution is 2.52. The molecule has 0 fully saturated rings. The number of ether oxygens (including phenoxy) is 1. The molecule has 0 saturated carbocycles. The molecule has 1 aliphatic carbocycles. The van der Waals surface area contributed by atoms with Gasteiger partial charge in [0, 0.05) is 33.4 Å². The predicted molar refractivity (Wildman–Crippen MR) is 194 cm³/mol. The maximum absolute atomic E-state index is 11.8. The quantitative estimate of drug-likeness (QED) is 0.156. The molecule has 9 rings (SSSR count). The SMILES string of the molecule is COC1=C(c2ccc3c4c(cccc24)NC(c2ccc(C)cc2)=N3)C(O)=C1c1ccc2c3c(cccc13)NC(c1ccc(C)cc1)N2. The number of nitrogens with one attached hydrogen (secondary N) is 3. The second-order valence-corrected chi connectivity index (χ2v) is 12.5. The molecule has 47 heavy (non-hydrogen) atoms. The first-order valence-corrected chi connectivity index (χ1v) is 15.9. The lowest BCUT2D eigenvalue weighted by Gasteiger charge is -2.32. The number of allylic oxidation sites excluding steroid dienone is 2. The Morgan fingerprint density at radius 3 is 1.98 bits per heavy atom. The van der Waals surface area contributed by atoms with Crippen molar-refractivity contribution in [2.45, 2.75) is 20.0 Å². The van der Waals surface area contributed by atoms with Gasteiger partial charge in [-0.05, 0) is 65.6 Å². The van der Waals surface area contributed by atoms with Crippen LogP contribution in [0, 0.1) is 13.8 Å². The third kappa shape index (κ3) is 4.15. The number of amidine groups is 1. The summed E-state index contributed by atoms with van der Waals surface area (Å²) in [7, 11) is 1.67. The average molecular weight is 613 g/mol. The lowest BCUT2D eigenvalue weighted by Crippen LogP contribution is -2.24. The second kappa shape index (κ2) is 10.3. The van der Waals surface area contributed by atoms with Crippen molar-refractivity contribution in [1.29, 1.82) is 0 Å². The van der Waals surface area contributed by atoms with Crippen molar-refractivity contribution in [3.63, 3.8) is 0 Å². The fraction of sp³-hybridized carbons (Fsp3) is 0.0976. The van der Waals surface area contributed by atoms with E-state index in [1.807, 2.05) is 18.2 Å². The van der Waals surface area contributed by atoms with E-state index < -0.39 is 0 Å². The molecule has 228 valence electrons. The molecule has 6 aromatic rings. The Labute approximate surface area is 272 Å². The van der Waals surface area contributed by atoms with Crippen LogP contribution < -0.4 is 16.0 Å². The maximum atomic E-state index is 11.8. The molecule has 0 aromatic heterocycles. The van der Waals surface area contributed by atoms with E-state index in [1.54, 1.807) is 7.11 Å². The molecule has 6 aromatic carbocycles. The first kappa shape index (κ1) is 27.3. The minimum atomic E-state index is -0.0447. The molecule has 0 saturated heterocycles. The summed E-state index contributed by atoms with van der Waals surface area (Å²) in [5.74, 6) is 1.72. The molecule has 3 aliphatic rings. The van der Waals surface area contributed by atoms with Crippen LogP contribution in [0.5, 0.6) is 0 Å². The van der Waals surface area contributed by atoms with Crippen LogP contribution in [0.15, 0.2) is 126 Å². The van der Waals surface area contributed by atoms with Crippen LogP contribution in [0.1, 0.15) is 39.5 Å². The molecule has 2 heterocycles. The molecule has 4 N–H and O–H groups in total. The smallest absolute Gasteiger partial charge is 0.142 e. The van der Waals surface area contributed by atoms with Gasteiger partial charge in [-0.1, -0.05) is 96.1 Å². The maximum Gasteiger partial charge on any atom is 0.142 e. The lowest BCUT2D eigenvalue weighted by atomic mass is 9.80. The normalized spacial score (nSPS) is 16.3. The lowest BCUT2D eigenvalue weighted by molar-refractivity contribution is 0.299. The van der Waals surface area contributed by atoms with E-state index in [2.05, 4.69) is 121 Å². The fourth-order valence-electron chi connectivity index (χ4n) is 7.17. The van der Waals surface area contributed by atoms with Crippen LogP contribution in [0.25, 0.3) is 32.7 Å². The van der Waals surface area contributed by atoms with Crippen LogP contribution >= 0.6 is 0 Å². The Hall–Kier alpha value is -6.01. The van der Waals surface area contributed by atoms with E-state index in [1.165, 1.54) is 16.7 Å². The minimum Gasteiger partial charge on any atom is -0.506 e. The summed E-state index contributed by atoms with van der Waals surface area (Å²) in [5.41, 5.74) is 11.9. The molecule has 6 nitrogen and oxygen atoms in total. The molecular weight excluding hydrogens is 580 g/mol. The van der Waals surface area contributed by atoms with Gasteiger partial charge in [0.1, 0.15) is 23.5 Å². The van der Waals surface area contributed by atoms with Gasteiger partial charge in [-0.15, -0.1) is 0 Å². The van der Waals surface area contributed by atoms with Crippen LogP contribution in [-0.2, 0) is 4.74 Å². The highest BCUT2D eigenvalue weighted by atomic mass is 16.5. The summed E-state index contributed by atoms with van der Waals surface area (Å²) < 4.78 is 6.05. The Bertz CT molecular complexity index is 2370. The molecule has 0 bridgehead atoms. The first-order valence-electron chi connectivity index (χ1n) is 15.9. The highest BCUT2D eigenvalue weighted by molar-refractivity contribution is 6.22. The minimum absolute atomic E-state index is 0.0447. The van der Waals surface area contributed by atoms with Gasteiger partial charge < -0.3 is 25.8 Å². The van der Waals surface area contributed by atoms with Crippen molar-refractivity contribution in [1.82, 2.24) is 0 Å². The monoisotopic (exact) mass is 612 g/mol. The Morgan fingerprint density at radius 1 is 0.638 bits per heavy atom. The Morgan fingerprint density at radius 2 is 1.26 bits per heavy atom. The van der Waals surface area contributed by atoms with Gasteiger partial charge in [0.05, 0.1) is 23.9 Å². The average Bonchev–Trinajstić information content (AvgIpc) is 3.09. The number of aliphatic imine (C=N–C) groups is 1. The third-order valence-electron chi connectivity index (χ3n) is 9.55. The Balaban J connectivity index is 1.11. The van der Waals surface area contributed by atoms with E-state index in [9.17, 15) is 5.11 Å². The summed E-state index contributed by atoms with van der Waals surface area (Å²) in [5, 5.41) is 26.9. The first-order chi connectivity index (χ1) is 23.0. The molecule has 6 heteroatoms. The van der Waals surface area contributed by atoms with Crippen LogP contribution in [-0.4, -0.2) is 18.1 Å². The van der Waals surface area contributed by atoms with Gasteiger partial charge in [0.25, 0.3) is 0 Å². The van der Waals surface area contributed by atoms with Gasteiger partial charge in [0.15, 0.2) is 0 Å². The third-order valence-corrected chi connectivity index (χ3v) is 9.55. The summed E-state index contributed by atoms with van der Waals surface area (Å²) in [6, 6.07) is 37.7. The number of nitrogens with zero attached hydrogens (tertiary/aromatic N) is 1. The number of aliphatic hydroxyl groups is 1. The molecule has 1 unspecified atom stereocenters. The van der Waals surface area contributed by atoms with Crippen LogP contribution in [0.2, 0.25) is 0 Å². The molecule has 0 radical (unpaired) electrons. The van der Waals surface area contributed by atoms with Crippen molar-refractivity contribution < 1.29 is 9.84 Å². The molecule has 0 spiro atoms. The number of hydrogen-bond acceptors (Lipinski definition) is 6. The largest absolute Gasteiger partial charge is 0.506 e. The van der Waals surface area contributed by atoms with E-state index in [0.717, 1.165) is 66.8 Å². The van der Waals surface area contributed by atoms with Crippen LogP contribution in [0.3, 0.4) is 0 Å². The number of methoxy groups -OCH3 is 1. The molecule has 1 atom stereocenters. The van der Waals surface area contributed by atoms with Gasteiger partial charge in [0.2, 0.25) is 0 Å². The van der Waals surface area contributed by atoms with Gasteiger partial charge in [-0.3, -0.25) is 0 Å². The van der Waals surface area contributed by atoms with E-state index in [0.29, 0.717) is 16.9 Å². The topological polar surface area (TPSA) is 77.9 Å². The molecule has 0 amide bonds. The summed E-state index contributed by atoms with van der Waals surface area (Å²) in [6.07, 6.45) is -0.0447. The van der Waals surface area contributed by atoms with E-state index in [-0.39, 0.29) is 11.9 Å². The predicted octanol–water partition coefficient (Wildman–Crippen LogP) is 9.99. The van der Waals surface area contributed by atoms with Crippen molar-refractivity contribution in [3.8, 4) is 0 Å². The zero-order valence-corrected chi connectivity index (χ0v) is 26.3. The number of aryl methyl sites for hydroxylation is 2. The zero-order valence-electron chi connectivity index (χ0n) is 26.3. The Kier molecular flexibility index (Phi) is 5.96. The van der Waals surface area contributed by atoms with E-state index >= 15 is 0 Å². The van der Waals surface area contributed by atoms with Gasteiger partial charge in [-0.2, -0.15) is 0 Å². The van der Waals surface area contributed by atoms with Crippen LogP contribution in [0.4, 0.5) is 22.7 Å². The van der Waals surface area contributed by atoms with Gasteiger partial charge >= 0.3 is 0 Å². The standard InChI is InChI=1S/C41H32N4O2/c1-22-10-14-24(15-11-22)40-42-30-8-4-6-26-28(18-20-32(44-40)34(26)30)36-38(46)37(39(36)47-3)29-19-21-33-35-27(29)7-5-9-31(35)43-41(45-33)25-16-12-23(2)13-17-25/h4-21,40,42,44,46H,1-3H3,(H,43,45). The summed E-state index contributed by atoms with van der Waals surface area (Å²) >= 11 is 0. The number of anilines is 3. The summed E-state index contributed by atoms with van der Waals surface area (Å²) in [4.78, 5) is 4.99. The van der Waals surface area contributed by atoms with Crippen molar-refractivity contribution in [3.05, 3.63) is 154 Å². The molecule has 2 aliphatic heterocycles. The number of hydrogen-bond donors (Lipinski definition) is 4. The second-order valence-electron chi connectivity index (χ2n) is 12.5. The number of rotatable bonds is 5. The van der Waals surface area contributed by atoms with Crippen molar-refractivity contribution >= 4 is 61.3 Å². The fourth-order valence-corrected chi connectivity index (χ4v) is 7.17. The molecular formula is C41H32N4O2. The van der Waals surface area contributed by atoms with E-state index in [4.69, 9.17) is 9.73 Å². The van der Waals surface area contributed by atoms with Crippen molar-refractivity contribution in [2.75, 3.05) is 23.1 Å². The van der Waals surface area contributed by atoms with Gasteiger partial charge in [-0.25, -0.2) is 4.99 Å². The highest BCUT2D eigenvalue weighted by Gasteiger charge is 2.36. The number of benzene rings is 6. The number of aliphatic hydroxyl groups excluding tert-OH is 1. The zero-order chi connectivity index (χ0) is 31.8. The van der Waals surface area contributed by atoms with Crippen molar-refractivity contribution in [2.24, 2.45) is 4.99 Å².